The standard InChI is InChI=1S/C10H9Cl2NO/c11-9-1-2-10(12)8-5-13(6-14)4-3-7(8)9/h1-2,6H,3-5H2. The van der Waals surface area contributed by atoms with Crippen LogP contribution in [0, 0.1) is 0 Å². The smallest absolute Gasteiger partial charge is 0.210 e. The third-order valence-electron chi connectivity index (χ3n) is 2.48. The predicted molar refractivity (Wildman–Crippen MR) is 56.6 cm³/mol. The number of amides is 1. The van der Waals surface area contributed by atoms with Gasteiger partial charge < -0.3 is 4.90 Å². The molecule has 0 unspecified atom stereocenters. The van der Waals surface area contributed by atoms with Gasteiger partial charge in [0.05, 0.1) is 0 Å². The van der Waals surface area contributed by atoms with Crippen LogP contribution in [0.4, 0.5) is 0 Å². The second kappa shape index (κ2) is 3.79. The average molecular weight is 230 g/mol. The first-order valence-electron chi connectivity index (χ1n) is 4.37. The first-order valence-corrected chi connectivity index (χ1v) is 5.13. The molecule has 0 N–H and O–H groups in total. The molecule has 0 aromatic heterocycles. The number of hydrogen-bond donors (Lipinski definition) is 0. The highest BCUT2D eigenvalue weighted by atomic mass is 35.5. The Morgan fingerprint density at radius 3 is 2.50 bits per heavy atom. The monoisotopic (exact) mass is 229 g/mol. The Balaban J connectivity index is 2.45. The van der Waals surface area contributed by atoms with Crippen molar-refractivity contribution in [2.45, 2.75) is 13.0 Å². The van der Waals surface area contributed by atoms with Gasteiger partial charge in [-0.25, -0.2) is 0 Å². The zero-order valence-electron chi connectivity index (χ0n) is 7.46. The maximum Gasteiger partial charge on any atom is 0.210 e. The largest absolute Gasteiger partial charge is 0.341 e. The summed E-state index contributed by atoms with van der Waals surface area (Å²) < 4.78 is 0. The summed E-state index contributed by atoms with van der Waals surface area (Å²) in [7, 11) is 0. The second-order valence-electron chi connectivity index (χ2n) is 3.31. The van der Waals surface area contributed by atoms with E-state index in [1.807, 2.05) is 0 Å². The van der Waals surface area contributed by atoms with Gasteiger partial charge in [-0.05, 0) is 29.7 Å². The zero-order chi connectivity index (χ0) is 10.1. The van der Waals surface area contributed by atoms with Gasteiger partial charge in [0, 0.05) is 23.1 Å². The van der Waals surface area contributed by atoms with E-state index in [-0.39, 0.29) is 0 Å². The van der Waals surface area contributed by atoms with Crippen LogP contribution < -0.4 is 0 Å². The molecule has 2 nitrogen and oxygen atoms in total. The molecule has 0 spiro atoms. The van der Waals surface area contributed by atoms with Crippen molar-refractivity contribution < 1.29 is 4.79 Å². The molecule has 0 fully saturated rings. The van der Waals surface area contributed by atoms with Gasteiger partial charge in [-0.2, -0.15) is 0 Å². The summed E-state index contributed by atoms with van der Waals surface area (Å²) in [5.74, 6) is 0. The highest BCUT2D eigenvalue weighted by Crippen LogP contribution is 2.31. The van der Waals surface area contributed by atoms with Gasteiger partial charge in [0.1, 0.15) is 0 Å². The zero-order valence-corrected chi connectivity index (χ0v) is 8.98. The van der Waals surface area contributed by atoms with Crippen molar-refractivity contribution >= 4 is 29.6 Å². The van der Waals surface area contributed by atoms with Crippen LogP contribution in [0.25, 0.3) is 0 Å². The maximum absolute atomic E-state index is 10.6. The fourth-order valence-corrected chi connectivity index (χ4v) is 2.21. The summed E-state index contributed by atoms with van der Waals surface area (Å²) >= 11 is 12.1. The van der Waals surface area contributed by atoms with Gasteiger partial charge in [-0.1, -0.05) is 23.2 Å². The van der Waals surface area contributed by atoms with E-state index in [2.05, 4.69) is 0 Å². The highest BCUT2D eigenvalue weighted by Gasteiger charge is 2.19. The number of halogens is 2. The van der Waals surface area contributed by atoms with Gasteiger partial charge in [0.25, 0.3) is 0 Å². The summed E-state index contributed by atoms with van der Waals surface area (Å²) in [6.45, 7) is 1.29. The minimum absolute atomic E-state index is 0.568. The van der Waals surface area contributed by atoms with Crippen LogP contribution in [-0.4, -0.2) is 17.9 Å². The molecule has 1 aromatic carbocycles. The topological polar surface area (TPSA) is 20.3 Å². The molecule has 2 rings (SSSR count). The SMILES string of the molecule is O=CN1CCc2c(Cl)ccc(Cl)c2C1. The van der Waals surface area contributed by atoms with Gasteiger partial charge in [0.2, 0.25) is 6.41 Å². The first-order chi connectivity index (χ1) is 6.72. The molecule has 1 aliphatic heterocycles. The van der Waals surface area contributed by atoms with Crippen molar-refractivity contribution in [2.75, 3.05) is 6.54 Å². The lowest BCUT2D eigenvalue weighted by molar-refractivity contribution is -0.118. The molecule has 0 atom stereocenters. The number of rotatable bonds is 1. The van der Waals surface area contributed by atoms with Crippen LogP contribution in [0.5, 0.6) is 0 Å². The number of nitrogens with zero attached hydrogens (tertiary/aromatic N) is 1. The Morgan fingerprint density at radius 1 is 1.21 bits per heavy atom. The summed E-state index contributed by atoms with van der Waals surface area (Å²) in [6, 6.07) is 3.58. The van der Waals surface area contributed by atoms with Gasteiger partial charge >= 0.3 is 0 Å². The molecule has 1 aromatic rings. The Bertz CT molecular complexity index is 379. The summed E-state index contributed by atoms with van der Waals surface area (Å²) in [5, 5.41) is 1.44. The van der Waals surface area contributed by atoms with Gasteiger partial charge in [-0.3, -0.25) is 4.79 Å². The molecule has 0 radical (unpaired) electrons. The van der Waals surface area contributed by atoms with E-state index >= 15 is 0 Å². The van der Waals surface area contributed by atoms with E-state index in [0.29, 0.717) is 11.6 Å². The van der Waals surface area contributed by atoms with Crippen molar-refractivity contribution in [1.29, 1.82) is 0 Å². The number of carbonyl (C=O) groups is 1. The molecule has 0 saturated heterocycles. The molecule has 0 saturated carbocycles. The lowest BCUT2D eigenvalue weighted by Gasteiger charge is -2.26. The molecule has 1 aliphatic rings. The van der Waals surface area contributed by atoms with Crippen molar-refractivity contribution in [1.82, 2.24) is 4.90 Å². The van der Waals surface area contributed by atoms with E-state index in [9.17, 15) is 4.79 Å². The molecule has 1 amide bonds. The van der Waals surface area contributed by atoms with Crippen molar-refractivity contribution in [2.24, 2.45) is 0 Å². The van der Waals surface area contributed by atoms with Crippen LogP contribution >= 0.6 is 23.2 Å². The normalized spacial score (nSPS) is 15.1. The summed E-state index contributed by atoms with van der Waals surface area (Å²) in [6.07, 6.45) is 1.63. The average Bonchev–Trinajstić information content (AvgIpc) is 2.23. The van der Waals surface area contributed by atoms with E-state index in [1.165, 1.54) is 0 Å². The Morgan fingerprint density at radius 2 is 1.86 bits per heavy atom. The number of hydrogen-bond acceptors (Lipinski definition) is 1. The van der Waals surface area contributed by atoms with Gasteiger partial charge in [0.15, 0.2) is 0 Å². The Kier molecular flexibility index (Phi) is 2.66. The number of carbonyl (C=O) groups excluding carboxylic acids is 1. The van der Waals surface area contributed by atoms with Crippen LogP contribution in [0.3, 0.4) is 0 Å². The third kappa shape index (κ3) is 1.60. The predicted octanol–water partition coefficient (Wildman–Crippen LogP) is 2.51. The van der Waals surface area contributed by atoms with Gasteiger partial charge in [-0.15, -0.1) is 0 Å². The highest BCUT2D eigenvalue weighted by molar-refractivity contribution is 6.34. The minimum Gasteiger partial charge on any atom is -0.341 e. The fourth-order valence-electron chi connectivity index (χ4n) is 1.70. The van der Waals surface area contributed by atoms with E-state index in [1.54, 1.807) is 17.0 Å². The lowest BCUT2D eigenvalue weighted by Crippen LogP contribution is -2.29. The number of benzene rings is 1. The third-order valence-corrected chi connectivity index (χ3v) is 3.18. The fraction of sp³-hybridized carbons (Fsp3) is 0.300. The van der Waals surface area contributed by atoms with Crippen molar-refractivity contribution in [3.63, 3.8) is 0 Å². The summed E-state index contributed by atoms with van der Waals surface area (Å²) in [4.78, 5) is 12.3. The summed E-state index contributed by atoms with van der Waals surface area (Å²) in [5.41, 5.74) is 2.06. The van der Waals surface area contributed by atoms with Crippen LogP contribution in [0.2, 0.25) is 10.0 Å². The van der Waals surface area contributed by atoms with Crippen LogP contribution in [0.15, 0.2) is 12.1 Å². The second-order valence-corrected chi connectivity index (χ2v) is 4.13. The van der Waals surface area contributed by atoms with Crippen LogP contribution in [0.1, 0.15) is 11.1 Å². The molecule has 14 heavy (non-hydrogen) atoms. The Hall–Kier alpha value is -0.730. The maximum atomic E-state index is 10.6. The van der Waals surface area contributed by atoms with Crippen molar-refractivity contribution in [3.8, 4) is 0 Å². The Labute approximate surface area is 92.4 Å². The first kappa shape index (κ1) is 9.81. The van der Waals surface area contributed by atoms with E-state index in [0.717, 1.165) is 35.5 Å². The molecule has 0 bridgehead atoms. The van der Waals surface area contributed by atoms with E-state index < -0.39 is 0 Å². The molecular weight excluding hydrogens is 221 g/mol. The molecule has 0 aliphatic carbocycles. The molecular formula is C10H9Cl2NO. The van der Waals surface area contributed by atoms with Crippen molar-refractivity contribution in [3.05, 3.63) is 33.3 Å². The number of fused-ring (bicyclic) bond motifs is 1. The lowest BCUT2D eigenvalue weighted by atomic mass is 10.00. The van der Waals surface area contributed by atoms with Crippen LogP contribution in [-0.2, 0) is 17.8 Å². The molecule has 74 valence electrons. The minimum atomic E-state index is 0.568. The molecule has 1 heterocycles. The van der Waals surface area contributed by atoms with E-state index in [4.69, 9.17) is 23.2 Å². The quantitative estimate of drug-likeness (QED) is 0.679. The molecule has 4 heteroatoms.